The molecule has 3 N–H and O–H groups in total. The van der Waals surface area contributed by atoms with E-state index >= 15 is 9.59 Å². The molecule has 3 atom stereocenters. The number of carbonyl (C=O) groups is 3. The predicted octanol–water partition coefficient (Wildman–Crippen LogP) is 8.74. The second-order valence-electron chi connectivity index (χ2n) is 15.4. The normalized spacial score (nSPS) is 29.1. The summed E-state index contributed by atoms with van der Waals surface area (Å²) in [4.78, 5) is 45.0. The van der Waals surface area contributed by atoms with Gasteiger partial charge in [0.05, 0.1) is 5.41 Å². The van der Waals surface area contributed by atoms with Crippen molar-refractivity contribution in [3.8, 4) is 11.5 Å². The van der Waals surface area contributed by atoms with Gasteiger partial charge < -0.3 is 15.3 Å². The molecule has 1 aromatic carbocycles. The van der Waals surface area contributed by atoms with E-state index in [2.05, 4.69) is 33.9 Å². The van der Waals surface area contributed by atoms with Crippen molar-refractivity contribution in [3.63, 3.8) is 0 Å². The van der Waals surface area contributed by atoms with Crippen LogP contribution in [0.2, 0.25) is 0 Å². The zero-order chi connectivity index (χ0) is 33.0. The van der Waals surface area contributed by atoms with Crippen molar-refractivity contribution >= 4 is 23.1 Å². The molecule has 3 aliphatic carbocycles. The van der Waals surface area contributed by atoms with E-state index in [1.807, 2.05) is 27.7 Å². The van der Waals surface area contributed by atoms with Crippen LogP contribution in [0.4, 0.5) is 0 Å². The first-order chi connectivity index (χ1) is 20.3. The van der Waals surface area contributed by atoms with Crippen molar-refractivity contribution < 1.29 is 29.7 Å². The molecule has 0 spiro atoms. The Kier molecular flexibility index (Phi) is 8.75. The zero-order valence-electron chi connectivity index (χ0n) is 27.7. The molecule has 3 aliphatic rings. The summed E-state index contributed by atoms with van der Waals surface area (Å²) in [6, 6.07) is 3.69. The summed E-state index contributed by atoms with van der Waals surface area (Å²) in [5.74, 6) is -3.19. The standard InChI is InChI=1S/C38H50O6/c1-22(2)10-12-27-21-37(17-14-23(3)4)32(42)30(31(41)25-11-13-28(39)29(40)18-25)33(43)38(34(37)44,36(27,8)9)20-26-15-16-35(6,7)19-24(26)5/h11,13,18,27,39-41H,1,3,10,12,14-17,19-21H2,2,4-9H3/b31-30-/t27-,37-,38+/m0/s1. The molecule has 0 aliphatic heterocycles. The van der Waals surface area contributed by atoms with Crippen LogP contribution >= 0.6 is 0 Å². The van der Waals surface area contributed by atoms with Crippen molar-refractivity contribution in [2.24, 2.45) is 27.6 Å². The number of Topliss-reactive ketones (excluding diaryl/α,β-unsaturated/α-hetero) is 3. The van der Waals surface area contributed by atoms with Crippen molar-refractivity contribution in [1.29, 1.82) is 0 Å². The third kappa shape index (κ3) is 5.39. The third-order valence-corrected chi connectivity index (χ3v) is 11.1. The SMILES string of the molecule is C=C(C)CC[C@H]1C[C@@]2(CCC(=C)C)C(=O)/C(=C(/O)c3ccc(O)c(O)c3)C(=O)[C@](CC3=C(C)CC(C)(C)CC3)(C2=O)C1(C)C. The van der Waals surface area contributed by atoms with Crippen LogP contribution < -0.4 is 0 Å². The molecule has 2 bridgehead atoms. The summed E-state index contributed by atoms with van der Waals surface area (Å²) in [5.41, 5.74) is -0.0563. The monoisotopic (exact) mass is 602 g/mol. The summed E-state index contributed by atoms with van der Waals surface area (Å²) in [7, 11) is 0. The van der Waals surface area contributed by atoms with E-state index in [1.165, 1.54) is 17.7 Å². The Morgan fingerprint density at radius 2 is 1.59 bits per heavy atom. The van der Waals surface area contributed by atoms with Gasteiger partial charge in [0, 0.05) is 5.56 Å². The van der Waals surface area contributed by atoms with Crippen LogP contribution in [0.5, 0.6) is 11.5 Å². The number of benzene rings is 1. The van der Waals surface area contributed by atoms with Crippen LogP contribution in [0.25, 0.3) is 5.76 Å². The molecular formula is C38H50O6. The van der Waals surface area contributed by atoms with E-state index in [-0.39, 0.29) is 47.5 Å². The number of aromatic hydroxyl groups is 2. The van der Waals surface area contributed by atoms with E-state index in [9.17, 15) is 20.1 Å². The van der Waals surface area contributed by atoms with Gasteiger partial charge in [-0.3, -0.25) is 14.4 Å². The molecule has 1 aromatic rings. The highest BCUT2D eigenvalue weighted by Gasteiger charge is 2.74. The molecule has 238 valence electrons. The summed E-state index contributed by atoms with van der Waals surface area (Å²) >= 11 is 0. The molecule has 2 saturated carbocycles. The van der Waals surface area contributed by atoms with Crippen molar-refractivity contribution in [2.75, 3.05) is 0 Å². The number of hydrogen-bond acceptors (Lipinski definition) is 6. The van der Waals surface area contributed by atoms with Gasteiger partial charge in [-0.25, -0.2) is 0 Å². The lowest BCUT2D eigenvalue weighted by Crippen LogP contribution is -2.69. The molecule has 0 heterocycles. The highest BCUT2D eigenvalue weighted by atomic mass is 16.3. The molecular weight excluding hydrogens is 552 g/mol. The maximum absolute atomic E-state index is 15.2. The fourth-order valence-corrected chi connectivity index (χ4v) is 8.22. The highest BCUT2D eigenvalue weighted by Crippen LogP contribution is 2.67. The Balaban J connectivity index is 2.05. The van der Waals surface area contributed by atoms with Crippen molar-refractivity contribution in [3.05, 3.63) is 64.8 Å². The first-order valence-electron chi connectivity index (χ1n) is 15.9. The fourth-order valence-electron chi connectivity index (χ4n) is 8.22. The Hall–Kier alpha value is -3.41. The summed E-state index contributed by atoms with van der Waals surface area (Å²) in [5, 5.41) is 31.8. The average Bonchev–Trinajstić information content (AvgIpc) is 2.91. The lowest BCUT2D eigenvalue weighted by atomic mass is 9.38. The minimum atomic E-state index is -1.58. The van der Waals surface area contributed by atoms with E-state index in [4.69, 9.17) is 0 Å². The second-order valence-corrected chi connectivity index (χ2v) is 15.4. The third-order valence-electron chi connectivity index (χ3n) is 11.1. The van der Waals surface area contributed by atoms with Gasteiger partial charge in [-0.1, -0.05) is 50.0 Å². The number of aliphatic hydroxyl groups excluding tert-OH is 1. The molecule has 0 saturated heterocycles. The van der Waals surface area contributed by atoms with E-state index in [0.29, 0.717) is 19.3 Å². The fraction of sp³-hybridized carbons (Fsp3) is 0.553. The molecule has 44 heavy (non-hydrogen) atoms. The molecule has 0 radical (unpaired) electrons. The minimum absolute atomic E-state index is 0.0288. The summed E-state index contributed by atoms with van der Waals surface area (Å²) in [6.45, 7) is 22.5. The Bertz CT molecular complexity index is 1500. The smallest absolute Gasteiger partial charge is 0.184 e. The largest absolute Gasteiger partial charge is 0.506 e. The first kappa shape index (κ1) is 33.5. The Morgan fingerprint density at radius 3 is 2.16 bits per heavy atom. The van der Waals surface area contributed by atoms with Crippen LogP contribution in [0.1, 0.15) is 112 Å². The molecule has 6 nitrogen and oxygen atoms in total. The van der Waals surface area contributed by atoms with E-state index in [0.717, 1.165) is 42.0 Å². The van der Waals surface area contributed by atoms with Gasteiger partial charge in [-0.2, -0.15) is 0 Å². The Morgan fingerprint density at radius 1 is 0.955 bits per heavy atom. The van der Waals surface area contributed by atoms with Gasteiger partial charge in [-0.15, -0.1) is 13.2 Å². The van der Waals surface area contributed by atoms with Crippen LogP contribution in [0, 0.1) is 27.6 Å². The molecule has 4 rings (SSSR count). The number of phenols is 2. The van der Waals surface area contributed by atoms with Crippen LogP contribution in [-0.4, -0.2) is 32.7 Å². The number of allylic oxidation sites excluding steroid dienone is 5. The quantitative estimate of drug-likeness (QED) is 0.0651. The lowest BCUT2D eigenvalue weighted by molar-refractivity contribution is -0.177. The highest BCUT2D eigenvalue weighted by molar-refractivity contribution is 6.41. The maximum atomic E-state index is 15.2. The van der Waals surface area contributed by atoms with Gasteiger partial charge in [0.25, 0.3) is 0 Å². The van der Waals surface area contributed by atoms with Crippen molar-refractivity contribution in [2.45, 2.75) is 106 Å². The molecule has 2 fully saturated rings. The van der Waals surface area contributed by atoms with Gasteiger partial charge in [-0.05, 0) is 114 Å². The molecule has 6 heteroatoms. The second kappa shape index (κ2) is 11.5. The van der Waals surface area contributed by atoms with Gasteiger partial charge in [0.1, 0.15) is 16.7 Å². The van der Waals surface area contributed by atoms with E-state index in [1.54, 1.807) is 0 Å². The van der Waals surface area contributed by atoms with Crippen LogP contribution in [-0.2, 0) is 14.4 Å². The van der Waals surface area contributed by atoms with Gasteiger partial charge >= 0.3 is 0 Å². The lowest BCUT2D eigenvalue weighted by Gasteiger charge is -2.61. The number of rotatable bonds is 9. The topological polar surface area (TPSA) is 112 Å². The number of fused-ring (bicyclic) bond motifs is 2. The Labute approximate surface area is 262 Å². The number of carbonyl (C=O) groups excluding carboxylic acids is 3. The van der Waals surface area contributed by atoms with Gasteiger partial charge in [0.15, 0.2) is 28.8 Å². The number of hydrogen-bond donors (Lipinski definition) is 3. The van der Waals surface area contributed by atoms with Gasteiger partial charge in [0.2, 0.25) is 0 Å². The minimum Gasteiger partial charge on any atom is -0.506 e. The number of aliphatic hydroxyl groups is 1. The van der Waals surface area contributed by atoms with Crippen LogP contribution in [0.3, 0.4) is 0 Å². The van der Waals surface area contributed by atoms with Crippen LogP contribution in [0.15, 0.2) is 59.2 Å². The number of ketones is 3. The van der Waals surface area contributed by atoms with Crippen molar-refractivity contribution in [1.82, 2.24) is 0 Å². The molecule has 0 aromatic heterocycles. The number of phenolic OH excluding ortho intramolecular Hbond substituents is 2. The maximum Gasteiger partial charge on any atom is 0.184 e. The molecule has 0 amide bonds. The average molecular weight is 603 g/mol. The zero-order valence-corrected chi connectivity index (χ0v) is 27.7. The summed E-state index contributed by atoms with van der Waals surface area (Å²) in [6.07, 6.45) is 5.08. The molecule has 0 unspecified atom stereocenters. The predicted molar refractivity (Wildman–Crippen MR) is 174 cm³/mol. The van der Waals surface area contributed by atoms with E-state index < -0.39 is 45.1 Å². The summed E-state index contributed by atoms with van der Waals surface area (Å²) < 4.78 is 0. The first-order valence-corrected chi connectivity index (χ1v) is 15.9.